The molecule has 7 nitrogen and oxygen atoms in total. The van der Waals surface area contributed by atoms with Crippen molar-refractivity contribution < 1.29 is 28.0 Å². The second-order valence-corrected chi connectivity index (χ2v) is 12.1. The highest BCUT2D eigenvalue weighted by atomic mass is 31.2. The van der Waals surface area contributed by atoms with Gasteiger partial charge in [-0.15, -0.1) is 0 Å². The van der Waals surface area contributed by atoms with E-state index in [-0.39, 0.29) is 24.9 Å². The lowest BCUT2D eigenvalue weighted by Gasteiger charge is -2.19. The van der Waals surface area contributed by atoms with Gasteiger partial charge in [0.1, 0.15) is 11.5 Å². The molecule has 0 aliphatic rings. The number of phosphoric ester groups is 1. The van der Waals surface area contributed by atoms with Crippen LogP contribution in [0.1, 0.15) is 116 Å². The SMILES string of the molecule is CCCCCCCCCCCCCCOc1ccc(CC(COP(=O)(O)OCCCNC)CC(=O)CC)cc1. The lowest BCUT2D eigenvalue weighted by molar-refractivity contribution is -0.120. The topological polar surface area (TPSA) is 94.1 Å². The number of phosphoric acid groups is 1. The molecule has 0 radical (unpaired) electrons. The van der Waals surface area contributed by atoms with Crippen molar-refractivity contribution in [2.24, 2.45) is 5.92 Å². The van der Waals surface area contributed by atoms with Gasteiger partial charge in [0.15, 0.2) is 0 Å². The molecule has 226 valence electrons. The summed E-state index contributed by atoms with van der Waals surface area (Å²) in [5.74, 6) is 0.745. The molecule has 0 saturated carbocycles. The Morgan fingerprint density at radius 1 is 0.846 bits per heavy atom. The van der Waals surface area contributed by atoms with Crippen molar-refractivity contribution in [3.63, 3.8) is 0 Å². The van der Waals surface area contributed by atoms with Crippen LogP contribution in [0.3, 0.4) is 0 Å². The number of ketones is 1. The summed E-state index contributed by atoms with van der Waals surface area (Å²) in [5.41, 5.74) is 1.04. The zero-order valence-electron chi connectivity index (χ0n) is 25.0. The van der Waals surface area contributed by atoms with Crippen LogP contribution in [0.25, 0.3) is 0 Å². The summed E-state index contributed by atoms with van der Waals surface area (Å²) < 4.78 is 28.4. The van der Waals surface area contributed by atoms with Gasteiger partial charge in [-0.05, 0) is 56.5 Å². The van der Waals surface area contributed by atoms with E-state index in [1.807, 2.05) is 38.2 Å². The molecular formula is C31H56NO6P. The van der Waals surface area contributed by atoms with Gasteiger partial charge in [0, 0.05) is 12.8 Å². The molecule has 0 aliphatic carbocycles. The molecule has 39 heavy (non-hydrogen) atoms. The number of ether oxygens (including phenoxy) is 1. The molecule has 2 atom stereocenters. The van der Waals surface area contributed by atoms with E-state index >= 15 is 0 Å². The summed E-state index contributed by atoms with van der Waals surface area (Å²) in [6.07, 6.45) is 17.8. The summed E-state index contributed by atoms with van der Waals surface area (Å²) in [5, 5.41) is 2.96. The molecule has 0 heterocycles. The normalized spacial score (nSPS) is 13.7. The second-order valence-electron chi connectivity index (χ2n) is 10.6. The van der Waals surface area contributed by atoms with E-state index in [4.69, 9.17) is 13.8 Å². The van der Waals surface area contributed by atoms with Crippen LogP contribution in [0.5, 0.6) is 5.75 Å². The number of benzene rings is 1. The first-order valence-electron chi connectivity index (χ1n) is 15.4. The van der Waals surface area contributed by atoms with Crippen LogP contribution in [0, 0.1) is 5.92 Å². The number of nitrogens with one attached hydrogen (secondary N) is 1. The van der Waals surface area contributed by atoms with Crippen LogP contribution in [0.15, 0.2) is 24.3 Å². The molecule has 1 aromatic rings. The second kappa shape index (κ2) is 23.5. The van der Waals surface area contributed by atoms with Gasteiger partial charge in [-0.2, -0.15) is 0 Å². The van der Waals surface area contributed by atoms with Gasteiger partial charge in [-0.3, -0.25) is 13.8 Å². The molecule has 8 heteroatoms. The fourth-order valence-electron chi connectivity index (χ4n) is 4.51. The summed E-state index contributed by atoms with van der Waals surface area (Å²) in [6, 6.07) is 7.90. The van der Waals surface area contributed by atoms with Crippen molar-refractivity contribution in [2.45, 2.75) is 117 Å². The van der Waals surface area contributed by atoms with Gasteiger partial charge in [0.05, 0.1) is 19.8 Å². The van der Waals surface area contributed by atoms with Crippen LogP contribution in [0.2, 0.25) is 0 Å². The van der Waals surface area contributed by atoms with Crippen LogP contribution < -0.4 is 10.1 Å². The van der Waals surface area contributed by atoms with E-state index in [2.05, 4.69) is 12.2 Å². The predicted octanol–water partition coefficient (Wildman–Crippen LogP) is 8.04. The summed E-state index contributed by atoms with van der Waals surface area (Å²) >= 11 is 0. The maximum absolute atomic E-state index is 12.2. The summed E-state index contributed by atoms with van der Waals surface area (Å²) in [6.45, 7) is 5.62. The Bertz CT molecular complexity index is 773. The lowest BCUT2D eigenvalue weighted by atomic mass is 9.94. The highest BCUT2D eigenvalue weighted by molar-refractivity contribution is 7.47. The zero-order valence-corrected chi connectivity index (χ0v) is 25.9. The summed E-state index contributed by atoms with van der Waals surface area (Å²) in [4.78, 5) is 22.1. The van der Waals surface area contributed by atoms with Crippen molar-refractivity contribution in [2.75, 3.05) is 33.4 Å². The fraction of sp³-hybridized carbons (Fsp3) is 0.774. The first-order valence-corrected chi connectivity index (χ1v) is 16.9. The van der Waals surface area contributed by atoms with Crippen molar-refractivity contribution in [1.29, 1.82) is 0 Å². The molecular weight excluding hydrogens is 513 g/mol. The van der Waals surface area contributed by atoms with Gasteiger partial charge >= 0.3 is 7.82 Å². The minimum absolute atomic E-state index is 0.0112. The molecule has 0 amide bonds. The van der Waals surface area contributed by atoms with Crippen LogP contribution >= 0.6 is 7.82 Å². The molecule has 0 fully saturated rings. The number of hydrogen-bond acceptors (Lipinski definition) is 6. The molecule has 0 aliphatic heterocycles. The van der Waals surface area contributed by atoms with E-state index in [0.717, 1.165) is 24.3 Å². The van der Waals surface area contributed by atoms with Crippen molar-refractivity contribution in [1.82, 2.24) is 5.32 Å². The summed E-state index contributed by atoms with van der Waals surface area (Å²) in [7, 11) is -2.34. The smallest absolute Gasteiger partial charge is 0.472 e. The first-order chi connectivity index (χ1) is 18.9. The minimum Gasteiger partial charge on any atom is -0.494 e. The molecule has 1 aromatic carbocycles. The van der Waals surface area contributed by atoms with Gasteiger partial charge in [0.25, 0.3) is 0 Å². The van der Waals surface area contributed by atoms with Crippen LogP contribution in [-0.2, 0) is 24.8 Å². The third-order valence-corrected chi connectivity index (χ3v) is 7.91. The number of Topliss-reactive ketones (excluding diaryl/α,β-unsaturated/α-hetero) is 1. The van der Waals surface area contributed by atoms with E-state index in [1.54, 1.807) is 0 Å². The van der Waals surface area contributed by atoms with Gasteiger partial charge in [-0.1, -0.05) is 96.6 Å². The molecule has 0 saturated heterocycles. The van der Waals surface area contributed by atoms with Gasteiger partial charge in [0.2, 0.25) is 0 Å². The van der Waals surface area contributed by atoms with E-state index < -0.39 is 7.82 Å². The zero-order chi connectivity index (χ0) is 28.6. The predicted molar refractivity (Wildman–Crippen MR) is 160 cm³/mol. The quantitative estimate of drug-likeness (QED) is 0.0818. The lowest BCUT2D eigenvalue weighted by Crippen LogP contribution is -2.17. The average molecular weight is 570 g/mol. The standard InChI is InChI=1S/C31H56NO6P/c1-4-6-7-8-9-10-11-12-13-14-15-16-23-36-31-20-18-28(19-21-31)25-29(26-30(33)5-2)27-38-39(34,35)37-24-17-22-32-3/h18-21,29,32H,4-17,22-27H2,1-3H3,(H,34,35). The number of unbranched alkanes of at least 4 members (excludes halogenated alkanes) is 11. The Hall–Kier alpha value is -1.24. The Morgan fingerprint density at radius 2 is 1.44 bits per heavy atom. The van der Waals surface area contributed by atoms with Gasteiger partial charge in [-0.25, -0.2) is 4.57 Å². The Morgan fingerprint density at radius 3 is 2.00 bits per heavy atom. The average Bonchev–Trinajstić information content (AvgIpc) is 2.93. The number of rotatable bonds is 27. The highest BCUT2D eigenvalue weighted by Crippen LogP contribution is 2.44. The monoisotopic (exact) mass is 569 g/mol. The van der Waals surface area contributed by atoms with Crippen molar-refractivity contribution >= 4 is 13.6 Å². The molecule has 1 rings (SSSR count). The Kier molecular flexibility index (Phi) is 21.5. The Labute approximate surface area is 238 Å². The van der Waals surface area contributed by atoms with E-state index in [0.29, 0.717) is 32.2 Å². The minimum atomic E-state index is -4.14. The number of carbonyl (C=O) groups is 1. The van der Waals surface area contributed by atoms with Gasteiger partial charge < -0.3 is 14.9 Å². The first kappa shape index (κ1) is 35.8. The van der Waals surface area contributed by atoms with Crippen LogP contribution in [-0.4, -0.2) is 44.1 Å². The third-order valence-electron chi connectivity index (χ3n) is 6.92. The molecule has 2 N–H and O–H groups in total. The molecule has 0 spiro atoms. The van der Waals surface area contributed by atoms with E-state index in [9.17, 15) is 14.3 Å². The van der Waals surface area contributed by atoms with Crippen molar-refractivity contribution in [3.05, 3.63) is 29.8 Å². The maximum atomic E-state index is 12.2. The third kappa shape index (κ3) is 20.3. The molecule has 2 unspecified atom stereocenters. The molecule has 0 aromatic heterocycles. The Balaban J connectivity index is 2.30. The number of carbonyl (C=O) groups excluding carboxylic acids is 1. The fourth-order valence-corrected chi connectivity index (χ4v) is 5.34. The van der Waals surface area contributed by atoms with Crippen LogP contribution in [0.4, 0.5) is 0 Å². The maximum Gasteiger partial charge on any atom is 0.472 e. The number of hydrogen-bond donors (Lipinski definition) is 2. The molecule has 0 bridgehead atoms. The largest absolute Gasteiger partial charge is 0.494 e. The van der Waals surface area contributed by atoms with E-state index in [1.165, 1.54) is 70.6 Å². The van der Waals surface area contributed by atoms with Crippen molar-refractivity contribution in [3.8, 4) is 5.75 Å². The highest BCUT2D eigenvalue weighted by Gasteiger charge is 2.24.